The number of aromatic nitrogens is 1. The van der Waals surface area contributed by atoms with Gasteiger partial charge in [-0.3, -0.25) is 14.4 Å². The first kappa shape index (κ1) is 22.1. The summed E-state index contributed by atoms with van der Waals surface area (Å²) in [6, 6.07) is 8.35. The van der Waals surface area contributed by atoms with Crippen LogP contribution in [0.15, 0.2) is 34.9 Å². The molecule has 0 saturated carbocycles. The maximum absolute atomic E-state index is 12.3. The number of amides is 1. The number of carbonyl (C=O) groups excluding carboxylic acids is 3. The molecule has 0 spiro atoms. The van der Waals surface area contributed by atoms with Crippen molar-refractivity contribution >= 4 is 23.5 Å². The lowest BCUT2D eigenvalue weighted by Gasteiger charge is -2.15. The van der Waals surface area contributed by atoms with E-state index in [1.165, 1.54) is 0 Å². The smallest absolute Gasteiger partial charge is 0.307 e. The Morgan fingerprint density at radius 2 is 1.86 bits per heavy atom. The van der Waals surface area contributed by atoms with Crippen molar-refractivity contribution in [2.45, 2.75) is 52.6 Å². The third kappa shape index (κ3) is 7.06. The Labute approximate surface area is 169 Å². The highest BCUT2D eigenvalue weighted by Crippen LogP contribution is 2.15. The number of ketones is 1. The summed E-state index contributed by atoms with van der Waals surface area (Å²) in [5, 5.41) is 6.20. The lowest BCUT2D eigenvalue weighted by atomic mass is 10.1. The van der Waals surface area contributed by atoms with Gasteiger partial charge in [-0.15, -0.1) is 0 Å². The molecule has 2 rings (SSSR count). The molecule has 1 amide bonds. The van der Waals surface area contributed by atoms with Gasteiger partial charge in [-0.2, -0.15) is 0 Å². The Morgan fingerprint density at radius 1 is 1.14 bits per heavy atom. The standard InChI is InChI=1S/C21H26N2O6/c1-4-12-27-16-8-6-15(7-9-16)17(24)10-11-20(25)28-18(5-2)21(26)22-19-13-14(3)29-23-19/h6-9,13,18H,4-5,10-12H2,1-3H3,(H,22,23,26). The molecule has 0 aliphatic heterocycles. The zero-order valence-electron chi connectivity index (χ0n) is 16.9. The Hall–Kier alpha value is -3.16. The van der Waals surface area contributed by atoms with Crippen molar-refractivity contribution in [3.8, 4) is 5.75 Å². The summed E-state index contributed by atoms with van der Waals surface area (Å²) in [6.07, 6.45) is 0.109. The van der Waals surface area contributed by atoms with Gasteiger partial charge >= 0.3 is 5.97 Å². The van der Waals surface area contributed by atoms with Crippen LogP contribution in [-0.2, 0) is 14.3 Å². The minimum Gasteiger partial charge on any atom is -0.494 e. The summed E-state index contributed by atoms with van der Waals surface area (Å²) < 4.78 is 15.6. The fourth-order valence-electron chi connectivity index (χ4n) is 2.49. The maximum atomic E-state index is 12.3. The highest BCUT2D eigenvalue weighted by molar-refractivity contribution is 5.98. The topological polar surface area (TPSA) is 108 Å². The van der Waals surface area contributed by atoms with Gasteiger partial charge in [-0.1, -0.05) is 19.0 Å². The van der Waals surface area contributed by atoms with Crippen LogP contribution in [-0.4, -0.2) is 35.5 Å². The van der Waals surface area contributed by atoms with Crippen molar-refractivity contribution in [2.24, 2.45) is 0 Å². The van der Waals surface area contributed by atoms with Crippen LogP contribution in [0.1, 0.15) is 55.6 Å². The Balaban J connectivity index is 1.80. The molecule has 1 aromatic heterocycles. The average molecular weight is 402 g/mol. The van der Waals surface area contributed by atoms with Gasteiger partial charge in [0.1, 0.15) is 11.5 Å². The second-order valence-electron chi connectivity index (χ2n) is 6.49. The molecule has 2 aromatic rings. The quantitative estimate of drug-likeness (QED) is 0.451. The van der Waals surface area contributed by atoms with E-state index in [2.05, 4.69) is 10.5 Å². The Bertz CT molecular complexity index is 828. The van der Waals surface area contributed by atoms with Gasteiger partial charge < -0.3 is 19.3 Å². The van der Waals surface area contributed by atoms with E-state index in [0.29, 0.717) is 30.1 Å². The average Bonchev–Trinajstić information content (AvgIpc) is 3.13. The van der Waals surface area contributed by atoms with Gasteiger partial charge in [0.2, 0.25) is 0 Å². The highest BCUT2D eigenvalue weighted by Gasteiger charge is 2.22. The molecule has 1 unspecified atom stereocenters. The van der Waals surface area contributed by atoms with Crippen molar-refractivity contribution in [3.05, 3.63) is 41.7 Å². The number of nitrogens with one attached hydrogen (secondary N) is 1. The van der Waals surface area contributed by atoms with Crippen LogP contribution in [0.2, 0.25) is 0 Å². The van der Waals surface area contributed by atoms with Gasteiger partial charge in [0.05, 0.1) is 13.0 Å². The van der Waals surface area contributed by atoms with Crippen molar-refractivity contribution in [1.29, 1.82) is 0 Å². The molecule has 0 aliphatic carbocycles. The first-order valence-corrected chi connectivity index (χ1v) is 9.62. The van der Waals surface area contributed by atoms with E-state index >= 15 is 0 Å². The third-order valence-electron chi connectivity index (χ3n) is 4.02. The Morgan fingerprint density at radius 3 is 2.45 bits per heavy atom. The zero-order valence-corrected chi connectivity index (χ0v) is 16.9. The molecular weight excluding hydrogens is 376 g/mol. The van der Waals surface area contributed by atoms with Crippen LogP contribution in [0.3, 0.4) is 0 Å². The molecule has 1 atom stereocenters. The van der Waals surface area contributed by atoms with Crippen LogP contribution >= 0.6 is 0 Å². The summed E-state index contributed by atoms with van der Waals surface area (Å²) in [5.41, 5.74) is 0.493. The van der Waals surface area contributed by atoms with Crippen molar-refractivity contribution in [3.63, 3.8) is 0 Å². The van der Waals surface area contributed by atoms with Crippen LogP contribution in [0.25, 0.3) is 0 Å². The lowest BCUT2D eigenvalue weighted by Crippen LogP contribution is -2.32. The largest absolute Gasteiger partial charge is 0.494 e. The van der Waals surface area contributed by atoms with Crippen LogP contribution < -0.4 is 10.1 Å². The van der Waals surface area contributed by atoms with Gasteiger partial charge in [0.25, 0.3) is 5.91 Å². The summed E-state index contributed by atoms with van der Waals surface area (Å²) >= 11 is 0. The van der Waals surface area contributed by atoms with E-state index in [1.54, 1.807) is 44.2 Å². The normalized spacial score (nSPS) is 11.6. The second kappa shape index (κ2) is 11.0. The number of anilines is 1. The minimum absolute atomic E-state index is 0.00543. The van der Waals surface area contributed by atoms with E-state index < -0.39 is 18.0 Å². The molecule has 156 valence electrons. The lowest BCUT2D eigenvalue weighted by molar-refractivity contribution is -0.154. The molecule has 1 aromatic carbocycles. The van der Waals surface area contributed by atoms with Gasteiger partial charge in [-0.25, -0.2) is 0 Å². The van der Waals surface area contributed by atoms with Crippen LogP contribution in [0.4, 0.5) is 5.82 Å². The van der Waals surface area contributed by atoms with E-state index in [-0.39, 0.29) is 24.4 Å². The number of hydrogen-bond acceptors (Lipinski definition) is 7. The van der Waals surface area contributed by atoms with E-state index in [9.17, 15) is 14.4 Å². The maximum Gasteiger partial charge on any atom is 0.307 e. The number of esters is 1. The number of nitrogens with zero attached hydrogens (tertiary/aromatic N) is 1. The molecule has 8 heteroatoms. The molecule has 0 radical (unpaired) electrons. The summed E-state index contributed by atoms with van der Waals surface area (Å²) in [7, 11) is 0. The molecule has 0 bridgehead atoms. The molecular formula is C21H26N2O6. The Kier molecular flexibility index (Phi) is 8.39. The number of hydrogen-bond donors (Lipinski definition) is 1. The van der Waals surface area contributed by atoms with E-state index in [1.807, 2.05) is 6.92 Å². The fraction of sp³-hybridized carbons (Fsp3) is 0.429. The van der Waals surface area contributed by atoms with Gasteiger partial charge in [0, 0.05) is 18.1 Å². The number of ether oxygens (including phenoxy) is 2. The van der Waals surface area contributed by atoms with Crippen molar-refractivity contribution in [2.75, 3.05) is 11.9 Å². The number of aryl methyl sites for hydroxylation is 1. The summed E-state index contributed by atoms with van der Waals surface area (Å²) in [4.78, 5) is 36.5. The zero-order chi connectivity index (χ0) is 21.2. The SMILES string of the molecule is CCCOc1ccc(C(=O)CCC(=O)OC(CC)C(=O)Nc2cc(C)on2)cc1. The summed E-state index contributed by atoms with van der Waals surface area (Å²) in [6.45, 7) is 6.04. The van der Waals surface area contributed by atoms with E-state index in [0.717, 1.165) is 6.42 Å². The molecule has 8 nitrogen and oxygen atoms in total. The monoisotopic (exact) mass is 402 g/mol. The molecule has 29 heavy (non-hydrogen) atoms. The fourth-order valence-corrected chi connectivity index (χ4v) is 2.49. The van der Waals surface area contributed by atoms with Gasteiger partial charge in [0.15, 0.2) is 17.7 Å². The highest BCUT2D eigenvalue weighted by atomic mass is 16.5. The molecule has 1 N–H and O–H groups in total. The van der Waals surface area contributed by atoms with Crippen LogP contribution in [0, 0.1) is 6.92 Å². The molecule has 1 heterocycles. The van der Waals surface area contributed by atoms with Crippen molar-refractivity contribution < 1.29 is 28.4 Å². The minimum atomic E-state index is -0.968. The van der Waals surface area contributed by atoms with Crippen LogP contribution in [0.5, 0.6) is 5.75 Å². The number of benzene rings is 1. The number of Topliss-reactive ketones (excluding diaryl/α,β-unsaturated/α-hetero) is 1. The number of carbonyl (C=O) groups is 3. The van der Waals surface area contributed by atoms with Gasteiger partial charge in [-0.05, 0) is 44.0 Å². The van der Waals surface area contributed by atoms with E-state index in [4.69, 9.17) is 14.0 Å². The first-order valence-electron chi connectivity index (χ1n) is 9.62. The number of rotatable bonds is 11. The molecule has 0 fully saturated rings. The summed E-state index contributed by atoms with van der Waals surface area (Å²) in [5.74, 6) is 0.210. The molecule has 0 saturated heterocycles. The first-order chi connectivity index (χ1) is 13.9. The molecule has 0 aliphatic rings. The predicted molar refractivity (Wildman–Crippen MR) is 106 cm³/mol. The predicted octanol–water partition coefficient (Wildman–Crippen LogP) is 3.70. The second-order valence-corrected chi connectivity index (χ2v) is 6.49. The third-order valence-corrected chi connectivity index (χ3v) is 4.02. The van der Waals surface area contributed by atoms with Crippen molar-refractivity contribution in [1.82, 2.24) is 5.16 Å².